The highest BCUT2D eigenvalue weighted by molar-refractivity contribution is 5.95. The van der Waals surface area contributed by atoms with Gasteiger partial charge < -0.3 is 4.98 Å². The van der Waals surface area contributed by atoms with Crippen LogP contribution in [0.15, 0.2) is 74.0 Å². The highest BCUT2D eigenvalue weighted by atomic mass is 19.1. The molecule has 0 bridgehead atoms. The van der Waals surface area contributed by atoms with Gasteiger partial charge in [-0.1, -0.05) is 18.7 Å². The van der Waals surface area contributed by atoms with E-state index in [-0.39, 0.29) is 5.83 Å². The minimum atomic E-state index is -0.382. The van der Waals surface area contributed by atoms with E-state index < -0.39 is 0 Å². The summed E-state index contributed by atoms with van der Waals surface area (Å²) < 4.78 is 14.5. The number of pyridine rings is 2. The number of aromatic amines is 2. The first-order valence-corrected chi connectivity index (χ1v) is 9.75. The van der Waals surface area contributed by atoms with Crippen LogP contribution in [0.3, 0.4) is 0 Å². The Kier molecular flexibility index (Phi) is 4.83. The predicted molar refractivity (Wildman–Crippen MR) is 121 cm³/mol. The molecule has 32 heavy (non-hydrogen) atoms. The molecule has 0 aliphatic heterocycles. The molecule has 0 spiro atoms. The zero-order valence-corrected chi connectivity index (χ0v) is 17.0. The summed E-state index contributed by atoms with van der Waals surface area (Å²) in [7, 11) is 0. The number of halogens is 1. The smallest absolute Gasteiger partial charge is 0.159 e. The van der Waals surface area contributed by atoms with Crippen LogP contribution in [-0.4, -0.2) is 40.1 Å². The van der Waals surface area contributed by atoms with Crippen molar-refractivity contribution in [2.75, 3.05) is 0 Å². The molecule has 0 unspecified atom stereocenters. The number of hydrogen-bond donors (Lipinski definition) is 2. The second-order valence-corrected chi connectivity index (χ2v) is 7.06. The number of H-pyrrole nitrogens is 2. The molecule has 156 valence electrons. The lowest BCUT2D eigenvalue weighted by molar-refractivity contribution is 0.669. The summed E-state index contributed by atoms with van der Waals surface area (Å²) in [5.74, 6) is 0.145. The van der Waals surface area contributed by atoms with E-state index in [1.807, 2.05) is 6.07 Å². The number of nitrogens with one attached hydrogen (secondary N) is 2. The van der Waals surface area contributed by atoms with E-state index in [9.17, 15) is 4.39 Å². The molecule has 0 aliphatic carbocycles. The minimum absolute atomic E-state index is 0.382. The van der Waals surface area contributed by atoms with Gasteiger partial charge in [0.1, 0.15) is 17.8 Å². The van der Waals surface area contributed by atoms with Gasteiger partial charge in [0, 0.05) is 41.5 Å². The molecule has 9 heteroatoms. The molecule has 0 fully saturated rings. The Morgan fingerprint density at radius 1 is 1.06 bits per heavy atom. The van der Waals surface area contributed by atoms with Crippen LogP contribution < -0.4 is 0 Å². The van der Waals surface area contributed by atoms with Crippen LogP contribution in [0.1, 0.15) is 12.5 Å². The van der Waals surface area contributed by atoms with E-state index in [1.54, 1.807) is 44.0 Å². The van der Waals surface area contributed by atoms with Crippen LogP contribution in [0.25, 0.3) is 50.3 Å². The van der Waals surface area contributed by atoms with Gasteiger partial charge in [-0.3, -0.25) is 10.1 Å². The molecule has 8 nitrogen and oxygen atoms in total. The topological polar surface area (TPSA) is 109 Å². The zero-order valence-electron chi connectivity index (χ0n) is 17.0. The second kappa shape index (κ2) is 7.95. The van der Waals surface area contributed by atoms with Crippen LogP contribution in [0.2, 0.25) is 0 Å². The van der Waals surface area contributed by atoms with Gasteiger partial charge in [0.15, 0.2) is 11.5 Å². The third kappa shape index (κ3) is 3.35. The average Bonchev–Trinajstić information content (AvgIpc) is 3.45. The molecular formula is C23H17FN8. The predicted octanol–water partition coefficient (Wildman–Crippen LogP) is 4.80. The number of hydrogen-bond acceptors (Lipinski definition) is 6. The van der Waals surface area contributed by atoms with E-state index in [2.05, 4.69) is 41.7 Å². The maximum absolute atomic E-state index is 14.5. The fourth-order valence-electron chi connectivity index (χ4n) is 3.42. The largest absolute Gasteiger partial charge is 0.335 e. The number of imidazole rings is 1. The van der Waals surface area contributed by atoms with Crippen LogP contribution in [0.5, 0.6) is 0 Å². The molecule has 0 amide bonds. The molecule has 0 aromatic carbocycles. The van der Waals surface area contributed by atoms with E-state index in [1.165, 1.54) is 18.5 Å². The van der Waals surface area contributed by atoms with Gasteiger partial charge in [-0.05, 0) is 24.6 Å². The summed E-state index contributed by atoms with van der Waals surface area (Å²) >= 11 is 0. The quantitative estimate of drug-likeness (QED) is 0.393. The summed E-state index contributed by atoms with van der Waals surface area (Å²) in [6, 6.07) is 1.96. The summed E-state index contributed by atoms with van der Waals surface area (Å²) in [5.41, 5.74) is 5.22. The van der Waals surface area contributed by atoms with Crippen molar-refractivity contribution in [3.8, 4) is 22.6 Å². The standard InChI is InChI=1S/C23H17FN8/c1-3-4-5-18(24)13(2)17-10-25-11-19-20(17)30-23(29-19)21-16-6-14(9-28-22(16)32-31-21)15-7-26-12-27-8-15/h3-12H,1H2,2H3,(H,29,30)(H,28,31,32)/b5-4-,18-13-. The van der Waals surface area contributed by atoms with Crippen molar-refractivity contribution in [2.45, 2.75) is 6.92 Å². The Morgan fingerprint density at radius 3 is 2.72 bits per heavy atom. The maximum Gasteiger partial charge on any atom is 0.159 e. The van der Waals surface area contributed by atoms with Gasteiger partial charge in [0.05, 0.1) is 22.6 Å². The third-order valence-electron chi connectivity index (χ3n) is 5.07. The summed E-state index contributed by atoms with van der Waals surface area (Å²) in [5, 5.41) is 8.12. The van der Waals surface area contributed by atoms with E-state index in [0.717, 1.165) is 16.5 Å². The second-order valence-electron chi connectivity index (χ2n) is 7.06. The van der Waals surface area contributed by atoms with Crippen molar-refractivity contribution in [1.82, 2.24) is 40.1 Å². The first kappa shape index (κ1) is 19.4. The molecule has 2 N–H and O–H groups in total. The van der Waals surface area contributed by atoms with Gasteiger partial charge >= 0.3 is 0 Å². The fraction of sp³-hybridized carbons (Fsp3) is 0.0435. The van der Waals surface area contributed by atoms with Crippen molar-refractivity contribution in [2.24, 2.45) is 0 Å². The normalized spacial score (nSPS) is 12.6. The number of fused-ring (bicyclic) bond motifs is 2. The number of nitrogens with zero attached hydrogens (tertiary/aromatic N) is 6. The summed E-state index contributed by atoms with van der Waals surface area (Å²) in [4.78, 5) is 24.8. The van der Waals surface area contributed by atoms with Crippen molar-refractivity contribution in [3.05, 3.63) is 79.6 Å². The molecule has 0 saturated heterocycles. The number of aromatic nitrogens is 8. The van der Waals surface area contributed by atoms with Gasteiger partial charge in [-0.25, -0.2) is 24.3 Å². The van der Waals surface area contributed by atoms with E-state index >= 15 is 0 Å². The Morgan fingerprint density at radius 2 is 1.91 bits per heavy atom. The molecule has 0 saturated carbocycles. The first-order valence-electron chi connectivity index (χ1n) is 9.75. The van der Waals surface area contributed by atoms with Crippen LogP contribution in [0.4, 0.5) is 4.39 Å². The molecule has 0 radical (unpaired) electrons. The highest BCUT2D eigenvalue weighted by Crippen LogP contribution is 2.31. The van der Waals surface area contributed by atoms with Crippen molar-refractivity contribution in [1.29, 1.82) is 0 Å². The van der Waals surface area contributed by atoms with Crippen LogP contribution in [-0.2, 0) is 0 Å². The highest BCUT2D eigenvalue weighted by Gasteiger charge is 2.17. The Hall–Kier alpha value is -4.53. The van der Waals surface area contributed by atoms with Crippen LogP contribution in [0, 0.1) is 0 Å². The zero-order chi connectivity index (χ0) is 22.1. The average molecular weight is 424 g/mol. The Bertz CT molecular complexity index is 1510. The fourth-order valence-corrected chi connectivity index (χ4v) is 3.42. The van der Waals surface area contributed by atoms with Crippen molar-refractivity contribution < 1.29 is 4.39 Å². The molecule has 5 aromatic rings. The summed E-state index contributed by atoms with van der Waals surface area (Å²) in [6.45, 7) is 5.26. The molecule has 5 rings (SSSR count). The molecule has 0 atom stereocenters. The van der Waals surface area contributed by atoms with Gasteiger partial charge in [0.25, 0.3) is 0 Å². The maximum atomic E-state index is 14.5. The molecule has 0 aliphatic rings. The van der Waals surface area contributed by atoms with Crippen molar-refractivity contribution >= 4 is 27.6 Å². The summed E-state index contributed by atoms with van der Waals surface area (Å²) in [6.07, 6.45) is 14.3. The molecule has 5 heterocycles. The molecule has 5 aromatic heterocycles. The van der Waals surface area contributed by atoms with E-state index in [0.29, 0.717) is 39.3 Å². The van der Waals surface area contributed by atoms with E-state index in [4.69, 9.17) is 4.98 Å². The van der Waals surface area contributed by atoms with Crippen LogP contribution >= 0.6 is 0 Å². The van der Waals surface area contributed by atoms with Gasteiger partial charge in [-0.2, -0.15) is 5.10 Å². The SMILES string of the molecule is C=C/C=C\C(F)=C(/C)c1cncc2[nH]c(-c3n[nH]c4ncc(-c5cncnc5)cc34)nc12. The number of rotatable bonds is 5. The lowest BCUT2D eigenvalue weighted by Gasteiger charge is -2.02. The lowest BCUT2D eigenvalue weighted by Crippen LogP contribution is -1.87. The number of allylic oxidation sites excluding steroid dienone is 5. The first-order chi connectivity index (χ1) is 15.7. The third-order valence-corrected chi connectivity index (χ3v) is 5.07. The van der Waals surface area contributed by atoms with Crippen molar-refractivity contribution in [3.63, 3.8) is 0 Å². The molecular weight excluding hydrogens is 407 g/mol. The Balaban J connectivity index is 1.64. The van der Waals surface area contributed by atoms with Gasteiger partial charge in [0.2, 0.25) is 0 Å². The minimum Gasteiger partial charge on any atom is -0.335 e. The van der Waals surface area contributed by atoms with Gasteiger partial charge in [-0.15, -0.1) is 0 Å². The lowest BCUT2D eigenvalue weighted by atomic mass is 10.1. The monoisotopic (exact) mass is 424 g/mol. The Labute approximate surface area is 181 Å².